The Bertz CT molecular complexity index is 580. The van der Waals surface area contributed by atoms with Gasteiger partial charge in [0.05, 0.1) is 27.9 Å². The Hall–Kier alpha value is -1.46. The van der Waals surface area contributed by atoms with Gasteiger partial charge in [0.2, 0.25) is 0 Å². The molecule has 1 aromatic rings. The molecular weight excluding hydrogens is 278 g/mol. The average Bonchev–Trinajstić information content (AvgIpc) is 2.68. The number of hydrogen-bond acceptors (Lipinski definition) is 4. The molecule has 0 atom stereocenters. The first kappa shape index (κ1) is 13.5. The Kier molecular flexibility index (Phi) is 3.26. The number of aliphatic hydroxyl groups is 1. The maximum atomic E-state index is 12.8. The minimum absolute atomic E-state index is 0.0463. The molecule has 1 spiro atoms. The van der Waals surface area contributed by atoms with Gasteiger partial charge in [-0.2, -0.15) is 10.1 Å². The molecule has 1 aromatic heterocycles. The number of carbonyl (C=O) groups is 1. The van der Waals surface area contributed by atoms with Crippen LogP contribution in [0.1, 0.15) is 32.6 Å². The standard InChI is InChI=1S/C14H16ClN3O2/c1-9-14(5-2-10(19)3-6-14)13(20)18(17-9)12-4-7-16-8-11(12)15/h4,7-8,10,19H,2-3,5-6H2,1H3. The Balaban J connectivity index is 1.95. The molecule has 6 heteroatoms. The highest BCUT2D eigenvalue weighted by molar-refractivity contribution is 6.34. The van der Waals surface area contributed by atoms with E-state index in [1.165, 1.54) is 11.2 Å². The predicted octanol–water partition coefficient (Wildman–Crippen LogP) is 2.38. The van der Waals surface area contributed by atoms with Gasteiger partial charge in [0.1, 0.15) is 0 Å². The summed E-state index contributed by atoms with van der Waals surface area (Å²) in [7, 11) is 0. The number of aromatic nitrogens is 1. The van der Waals surface area contributed by atoms with Gasteiger partial charge in [-0.1, -0.05) is 11.6 Å². The van der Waals surface area contributed by atoms with Gasteiger partial charge >= 0.3 is 0 Å². The second-order valence-electron chi connectivity index (χ2n) is 5.44. The summed E-state index contributed by atoms with van der Waals surface area (Å²) in [5.74, 6) is -0.0463. The zero-order valence-electron chi connectivity index (χ0n) is 11.2. The van der Waals surface area contributed by atoms with E-state index in [0.29, 0.717) is 36.4 Å². The lowest BCUT2D eigenvalue weighted by molar-refractivity contribution is -0.125. The molecule has 1 fully saturated rings. The lowest BCUT2D eigenvalue weighted by atomic mass is 9.70. The molecule has 1 amide bonds. The summed E-state index contributed by atoms with van der Waals surface area (Å²) in [6, 6.07) is 1.69. The molecule has 5 nitrogen and oxygen atoms in total. The number of rotatable bonds is 1. The number of anilines is 1. The van der Waals surface area contributed by atoms with Crippen LogP contribution in [0.15, 0.2) is 23.6 Å². The second-order valence-corrected chi connectivity index (χ2v) is 5.85. The van der Waals surface area contributed by atoms with Gasteiger partial charge in [-0.3, -0.25) is 9.78 Å². The van der Waals surface area contributed by atoms with Crippen molar-refractivity contribution in [3.05, 3.63) is 23.5 Å². The molecule has 1 N–H and O–H groups in total. The maximum Gasteiger partial charge on any atom is 0.259 e. The number of aliphatic hydroxyl groups excluding tert-OH is 1. The molecule has 2 heterocycles. The van der Waals surface area contributed by atoms with Crippen LogP contribution in [0.4, 0.5) is 5.69 Å². The Morgan fingerprint density at radius 1 is 1.45 bits per heavy atom. The van der Waals surface area contributed by atoms with Gasteiger partial charge in [-0.15, -0.1) is 0 Å². The summed E-state index contributed by atoms with van der Waals surface area (Å²) in [6.07, 6.45) is 5.34. The van der Waals surface area contributed by atoms with Crippen molar-refractivity contribution in [2.75, 3.05) is 5.01 Å². The first-order chi connectivity index (χ1) is 9.54. The fourth-order valence-electron chi connectivity index (χ4n) is 3.02. The monoisotopic (exact) mass is 293 g/mol. The Morgan fingerprint density at radius 2 is 2.15 bits per heavy atom. The third kappa shape index (κ3) is 1.93. The highest BCUT2D eigenvalue weighted by atomic mass is 35.5. The summed E-state index contributed by atoms with van der Waals surface area (Å²) >= 11 is 6.10. The van der Waals surface area contributed by atoms with Crippen LogP contribution in [0.25, 0.3) is 0 Å². The van der Waals surface area contributed by atoms with Gasteiger partial charge in [0, 0.05) is 12.4 Å². The van der Waals surface area contributed by atoms with Crippen LogP contribution < -0.4 is 5.01 Å². The van der Waals surface area contributed by atoms with Crippen LogP contribution in [0, 0.1) is 5.41 Å². The number of hydrogen-bond donors (Lipinski definition) is 1. The SMILES string of the molecule is CC1=NN(c2ccncc2Cl)C(=O)C12CCC(O)CC2. The maximum absolute atomic E-state index is 12.8. The van der Waals surface area contributed by atoms with E-state index < -0.39 is 5.41 Å². The van der Waals surface area contributed by atoms with E-state index in [1.807, 2.05) is 6.92 Å². The van der Waals surface area contributed by atoms with Crippen molar-refractivity contribution in [1.29, 1.82) is 0 Å². The van der Waals surface area contributed by atoms with Crippen LogP contribution in [0.3, 0.4) is 0 Å². The third-order valence-corrected chi connectivity index (χ3v) is 4.62. The van der Waals surface area contributed by atoms with Crippen molar-refractivity contribution in [2.24, 2.45) is 10.5 Å². The number of halogens is 1. The topological polar surface area (TPSA) is 65.8 Å². The minimum Gasteiger partial charge on any atom is -0.393 e. The van der Waals surface area contributed by atoms with Gasteiger partial charge in [0.15, 0.2) is 0 Å². The van der Waals surface area contributed by atoms with Crippen molar-refractivity contribution in [3.8, 4) is 0 Å². The Labute approximate surface area is 122 Å². The van der Waals surface area contributed by atoms with Crippen LogP contribution in [-0.4, -0.2) is 27.8 Å². The highest BCUT2D eigenvalue weighted by Gasteiger charge is 2.51. The smallest absolute Gasteiger partial charge is 0.259 e. The zero-order valence-corrected chi connectivity index (χ0v) is 12.0. The number of hydrazone groups is 1. The molecule has 1 aliphatic heterocycles. The zero-order chi connectivity index (χ0) is 14.3. The van der Waals surface area contributed by atoms with Crippen LogP contribution in [-0.2, 0) is 4.79 Å². The summed E-state index contributed by atoms with van der Waals surface area (Å²) in [4.78, 5) is 16.7. The molecule has 3 rings (SSSR count). The summed E-state index contributed by atoms with van der Waals surface area (Å²) in [5, 5.41) is 15.9. The number of pyridine rings is 1. The number of amides is 1. The third-order valence-electron chi connectivity index (χ3n) is 4.33. The molecule has 0 unspecified atom stereocenters. The average molecular weight is 294 g/mol. The lowest BCUT2D eigenvalue weighted by Gasteiger charge is -2.34. The van der Waals surface area contributed by atoms with Crippen LogP contribution in [0.5, 0.6) is 0 Å². The number of nitrogens with zero attached hydrogens (tertiary/aromatic N) is 3. The van der Waals surface area contributed by atoms with Gasteiger partial charge < -0.3 is 5.11 Å². The predicted molar refractivity (Wildman–Crippen MR) is 76.7 cm³/mol. The van der Waals surface area contributed by atoms with E-state index in [1.54, 1.807) is 12.3 Å². The van der Waals surface area contributed by atoms with Crippen molar-refractivity contribution < 1.29 is 9.90 Å². The second kappa shape index (κ2) is 4.82. The van der Waals surface area contributed by atoms with E-state index in [-0.39, 0.29) is 12.0 Å². The minimum atomic E-state index is -0.564. The lowest BCUT2D eigenvalue weighted by Crippen LogP contribution is -2.43. The molecule has 1 saturated carbocycles. The molecule has 2 aliphatic rings. The van der Waals surface area contributed by atoms with Gasteiger partial charge in [-0.25, -0.2) is 0 Å². The molecule has 20 heavy (non-hydrogen) atoms. The summed E-state index contributed by atoms with van der Waals surface area (Å²) < 4.78 is 0. The van der Waals surface area contributed by atoms with Crippen LogP contribution in [0.2, 0.25) is 5.02 Å². The van der Waals surface area contributed by atoms with Crippen molar-refractivity contribution in [3.63, 3.8) is 0 Å². The van der Waals surface area contributed by atoms with E-state index >= 15 is 0 Å². The normalized spacial score (nSPS) is 29.9. The summed E-state index contributed by atoms with van der Waals surface area (Å²) in [6.45, 7) is 1.88. The van der Waals surface area contributed by atoms with Crippen molar-refractivity contribution in [2.45, 2.75) is 38.7 Å². The fraction of sp³-hybridized carbons (Fsp3) is 0.500. The largest absolute Gasteiger partial charge is 0.393 e. The molecule has 0 aromatic carbocycles. The van der Waals surface area contributed by atoms with Crippen LogP contribution >= 0.6 is 11.6 Å². The van der Waals surface area contributed by atoms with Gasteiger partial charge in [-0.05, 0) is 38.7 Å². The van der Waals surface area contributed by atoms with E-state index in [2.05, 4.69) is 10.1 Å². The quantitative estimate of drug-likeness (QED) is 0.864. The molecule has 0 saturated heterocycles. The Morgan fingerprint density at radius 3 is 2.80 bits per heavy atom. The molecule has 106 valence electrons. The van der Waals surface area contributed by atoms with Crippen molar-refractivity contribution in [1.82, 2.24) is 4.98 Å². The first-order valence-electron chi connectivity index (χ1n) is 6.72. The summed E-state index contributed by atoms with van der Waals surface area (Å²) in [5.41, 5.74) is 0.808. The van der Waals surface area contributed by atoms with E-state index in [0.717, 1.165) is 5.71 Å². The number of carbonyl (C=O) groups excluding carboxylic acids is 1. The first-order valence-corrected chi connectivity index (χ1v) is 7.10. The van der Waals surface area contributed by atoms with E-state index in [9.17, 15) is 9.90 Å². The van der Waals surface area contributed by atoms with Gasteiger partial charge in [0.25, 0.3) is 5.91 Å². The molecule has 1 aliphatic carbocycles. The fourth-order valence-corrected chi connectivity index (χ4v) is 3.22. The molecular formula is C14H16ClN3O2. The van der Waals surface area contributed by atoms with E-state index in [4.69, 9.17) is 11.6 Å². The van der Waals surface area contributed by atoms with Crippen molar-refractivity contribution >= 4 is 28.9 Å². The molecule has 0 radical (unpaired) electrons. The highest BCUT2D eigenvalue weighted by Crippen LogP contribution is 2.44. The molecule has 0 bridgehead atoms.